The Morgan fingerprint density at radius 1 is 1.29 bits per heavy atom. The fourth-order valence-electron chi connectivity index (χ4n) is 2.26. The smallest absolute Gasteiger partial charge is 0.255 e. The van der Waals surface area contributed by atoms with Crippen LogP contribution in [0.15, 0.2) is 28.7 Å². The average Bonchev–Trinajstić information content (AvgIpc) is 2.70. The molecule has 0 bridgehead atoms. The lowest BCUT2D eigenvalue weighted by Crippen LogP contribution is -2.29. The Balaban J connectivity index is 2.06. The average molecular weight is 291 g/mol. The number of rotatable bonds is 4. The normalized spacial score (nSPS) is 12.2. The van der Waals surface area contributed by atoms with Gasteiger partial charge >= 0.3 is 0 Å². The van der Waals surface area contributed by atoms with E-state index in [1.165, 1.54) is 12.1 Å². The zero-order valence-corrected chi connectivity index (χ0v) is 12.2. The number of aryl methyl sites for hydroxylation is 2. The van der Waals surface area contributed by atoms with Crippen LogP contribution in [0.25, 0.3) is 0 Å². The molecule has 5 heteroatoms. The number of halogens is 1. The van der Waals surface area contributed by atoms with Crippen LogP contribution in [0.1, 0.15) is 39.1 Å². The van der Waals surface area contributed by atoms with Crippen molar-refractivity contribution in [3.63, 3.8) is 0 Å². The quantitative estimate of drug-likeness (QED) is 0.910. The summed E-state index contributed by atoms with van der Waals surface area (Å²) in [5.41, 5.74) is 1.40. The third-order valence-corrected chi connectivity index (χ3v) is 3.51. The fourth-order valence-corrected chi connectivity index (χ4v) is 2.26. The summed E-state index contributed by atoms with van der Waals surface area (Å²) < 4.78 is 18.9. The summed E-state index contributed by atoms with van der Waals surface area (Å²) in [7, 11) is 0. The summed E-state index contributed by atoms with van der Waals surface area (Å²) in [5, 5.41) is 12.6. The number of nitrogens with one attached hydrogen (secondary N) is 1. The maximum absolute atomic E-state index is 13.5. The minimum atomic E-state index is -1.09. The number of aliphatic hydroxyl groups is 1. The van der Waals surface area contributed by atoms with Gasteiger partial charge in [-0.05, 0) is 26.8 Å². The van der Waals surface area contributed by atoms with E-state index in [1.807, 2.05) is 0 Å². The zero-order valence-electron chi connectivity index (χ0n) is 12.2. The van der Waals surface area contributed by atoms with Crippen molar-refractivity contribution in [2.45, 2.75) is 26.9 Å². The molecule has 1 heterocycles. The summed E-state index contributed by atoms with van der Waals surface area (Å²) >= 11 is 0. The highest BCUT2D eigenvalue weighted by Gasteiger charge is 2.20. The van der Waals surface area contributed by atoms with Gasteiger partial charge in [-0.2, -0.15) is 0 Å². The number of aliphatic hydroxyl groups excluding tert-OH is 1. The molecule has 0 radical (unpaired) electrons. The van der Waals surface area contributed by atoms with Gasteiger partial charge in [0, 0.05) is 17.7 Å². The molecule has 0 aliphatic heterocycles. The molecule has 1 atom stereocenters. The van der Waals surface area contributed by atoms with E-state index in [-0.39, 0.29) is 18.0 Å². The molecule has 0 aliphatic carbocycles. The predicted octanol–water partition coefficient (Wildman–Crippen LogP) is 2.81. The van der Waals surface area contributed by atoms with E-state index < -0.39 is 11.9 Å². The van der Waals surface area contributed by atoms with Crippen LogP contribution in [0.4, 0.5) is 4.39 Å². The van der Waals surface area contributed by atoms with E-state index in [4.69, 9.17) is 4.42 Å². The molecule has 4 nitrogen and oxygen atoms in total. The first-order chi connectivity index (χ1) is 9.91. The van der Waals surface area contributed by atoms with Gasteiger partial charge in [-0.25, -0.2) is 4.39 Å². The molecule has 0 saturated carbocycles. The molecule has 1 aromatic carbocycles. The van der Waals surface area contributed by atoms with Crippen LogP contribution in [-0.4, -0.2) is 17.6 Å². The Morgan fingerprint density at radius 2 is 1.95 bits per heavy atom. The number of hydrogen-bond donors (Lipinski definition) is 2. The van der Waals surface area contributed by atoms with Crippen LogP contribution in [-0.2, 0) is 0 Å². The van der Waals surface area contributed by atoms with Gasteiger partial charge in [0.1, 0.15) is 17.3 Å². The van der Waals surface area contributed by atoms with Gasteiger partial charge in [0.15, 0.2) is 0 Å². The topological polar surface area (TPSA) is 62.5 Å². The lowest BCUT2D eigenvalue weighted by molar-refractivity contribution is 0.0912. The van der Waals surface area contributed by atoms with Crippen molar-refractivity contribution in [3.8, 4) is 0 Å². The van der Waals surface area contributed by atoms with E-state index in [1.54, 1.807) is 32.9 Å². The van der Waals surface area contributed by atoms with Crippen molar-refractivity contribution < 1.29 is 18.7 Å². The van der Waals surface area contributed by atoms with E-state index in [2.05, 4.69) is 5.32 Å². The van der Waals surface area contributed by atoms with Gasteiger partial charge in [0.05, 0.1) is 11.7 Å². The zero-order chi connectivity index (χ0) is 15.6. The van der Waals surface area contributed by atoms with Crippen LogP contribution in [0.2, 0.25) is 0 Å². The third kappa shape index (κ3) is 3.13. The van der Waals surface area contributed by atoms with Crippen molar-refractivity contribution in [2.75, 3.05) is 6.54 Å². The van der Waals surface area contributed by atoms with Crippen molar-refractivity contribution >= 4 is 5.91 Å². The Hall–Kier alpha value is -2.14. The van der Waals surface area contributed by atoms with Crippen LogP contribution in [0.3, 0.4) is 0 Å². The van der Waals surface area contributed by atoms with E-state index in [0.29, 0.717) is 17.1 Å². The molecule has 112 valence electrons. The summed E-state index contributed by atoms with van der Waals surface area (Å²) in [5.74, 6) is 0.387. The first-order valence-electron chi connectivity index (χ1n) is 6.69. The Kier molecular flexibility index (Phi) is 4.43. The van der Waals surface area contributed by atoms with Gasteiger partial charge in [-0.1, -0.05) is 18.2 Å². The molecule has 2 aromatic rings. The monoisotopic (exact) mass is 291 g/mol. The van der Waals surface area contributed by atoms with Crippen LogP contribution >= 0.6 is 0 Å². The number of amides is 1. The van der Waals surface area contributed by atoms with E-state index >= 15 is 0 Å². The van der Waals surface area contributed by atoms with E-state index in [0.717, 1.165) is 5.56 Å². The molecule has 0 aliphatic rings. The first-order valence-corrected chi connectivity index (χ1v) is 6.69. The van der Waals surface area contributed by atoms with Crippen molar-refractivity contribution in [3.05, 3.63) is 58.3 Å². The van der Waals surface area contributed by atoms with Crippen LogP contribution < -0.4 is 5.32 Å². The van der Waals surface area contributed by atoms with Gasteiger partial charge in [-0.15, -0.1) is 0 Å². The second-order valence-corrected chi connectivity index (χ2v) is 4.96. The summed E-state index contributed by atoms with van der Waals surface area (Å²) in [6.45, 7) is 5.23. The highest BCUT2D eigenvalue weighted by Crippen LogP contribution is 2.21. The summed E-state index contributed by atoms with van der Waals surface area (Å²) in [6.07, 6.45) is -1.09. The molecule has 1 aromatic heterocycles. The Labute approximate surface area is 122 Å². The second-order valence-electron chi connectivity index (χ2n) is 4.96. The SMILES string of the molecule is Cc1oc(C)c(C(=O)NCC(O)c2ccccc2F)c1C. The molecular formula is C16H18FNO3. The van der Waals surface area contributed by atoms with Gasteiger partial charge in [0.2, 0.25) is 0 Å². The molecule has 21 heavy (non-hydrogen) atoms. The molecular weight excluding hydrogens is 273 g/mol. The molecule has 1 unspecified atom stereocenters. The lowest BCUT2D eigenvalue weighted by Gasteiger charge is -2.13. The van der Waals surface area contributed by atoms with Crippen LogP contribution in [0, 0.1) is 26.6 Å². The number of carbonyl (C=O) groups excluding carboxylic acids is 1. The lowest BCUT2D eigenvalue weighted by atomic mass is 10.1. The standard InChI is InChI=1S/C16H18FNO3/c1-9-10(2)21-11(3)15(9)16(20)18-8-14(19)12-6-4-5-7-13(12)17/h4-7,14,19H,8H2,1-3H3,(H,18,20). The number of benzene rings is 1. The Bertz CT molecular complexity index is 664. The molecule has 0 spiro atoms. The number of hydrogen-bond acceptors (Lipinski definition) is 3. The van der Waals surface area contributed by atoms with Gasteiger partial charge in [0.25, 0.3) is 5.91 Å². The number of furan rings is 1. The molecule has 2 rings (SSSR count). The highest BCUT2D eigenvalue weighted by molar-refractivity contribution is 5.96. The van der Waals surface area contributed by atoms with Crippen LogP contribution in [0.5, 0.6) is 0 Å². The summed E-state index contributed by atoms with van der Waals surface area (Å²) in [4.78, 5) is 12.1. The highest BCUT2D eigenvalue weighted by atomic mass is 19.1. The molecule has 2 N–H and O–H groups in total. The fraction of sp³-hybridized carbons (Fsp3) is 0.312. The minimum absolute atomic E-state index is 0.0666. The predicted molar refractivity (Wildman–Crippen MR) is 76.6 cm³/mol. The second kappa shape index (κ2) is 6.10. The largest absolute Gasteiger partial charge is 0.466 e. The minimum Gasteiger partial charge on any atom is -0.466 e. The van der Waals surface area contributed by atoms with E-state index in [9.17, 15) is 14.3 Å². The molecule has 0 saturated heterocycles. The first kappa shape index (κ1) is 15.3. The van der Waals surface area contributed by atoms with Crippen molar-refractivity contribution in [1.29, 1.82) is 0 Å². The Morgan fingerprint density at radius 3 is 2.52 bits per heavy atom. The van der Waals surface area contributed by atoms with Gasteiger partial charge in [-0.3, -0.25) is 4.79 Å². The van der Waals surface area contributed by atoms with Crippen molar-refractivity contribution in [1.82, 2.24) is 5.32 Å². The van der Waals surface area contributed by atoms with Crippen molar-refractivity contribution in [2.24, 2.45) is 0 Å². The number of carbonyl (C=O) groups is 1. The maximum atomic E-state index is 13.5. The maximum Gasteiger partial charge on any atom is 0.255 e. The third-order valence-electron chi connectivity index (χ3n) is 3.51. The summed E-state index contributed by atoms with van der Waals surface area (Å²) in [6, 6.07) is 5.95. The molecule has 1 amide bonds. The van der Waals surface area contributed by atoms with Gasteiger partial charge < -0.3 is 14.8 Å². The molecule has 0 fully saturated rings.